The van der Waals surface area contributed by atoms with Crippen LogP contribution in [0.2, 0.25) is 0 Å². The molecule has 2 atom stereocenters. The number of anilines is 1. The number of hydrogen-bond donors (Lipinski definition) is 1. The Morgan fingerprint density at radius 2 is 2.29 bits per heavy atom. The van der Waals surface area contributed by atoms with Gasteiger partial charge >= 0.3 is 0 Å². The molecule has 2 rings (SSSR count). The van der Waals surface area contributed by atoms with Crippen LogP contribution in [-0.2, 0) is 10.3 Å². The van der Waals surface area contributed by atoms with Gasteiger partial charge in [-0.05, 0) is 61.1 Å². The molecule has 1 aliphatic carbocycles. The molecule has 21 heavy (non-hydrogen) atoms. The lowest BCUT2D eigenvalue weighted by Crippen LogP contribution is -2.37. The molecule has 1 aliphatic rings. The van der Waals surface area contributed by atoms with Gasteiger partial charge in [0.2, 0.25) is 0 Å². The molecule has 0 radical (unpaired) electrons. The normalized spacial score (nSPS) is 25.8. The Bertz CT molecular complexity index is 465. The highest BCUT2D eigenvalue weighted by Gasteiger charge is 2.40. The Labute approximate surface area is 141 Å². The van der Waals surface area contributed by atoms with Gasteiger partial charge in [-0.2, -0.15) is 0 Å². The highest BCUT2D eigenvalue weighted by Crippen LogP contribution is 2.41. The number of nitrogens with one attached hydrogen (secondary N) is 1. The lowest BCUT2D eigenvalue weighted by Gasteiger charge is -2.38. The van der Waals surface area contributed by atoms with E-state index in [2.05, 4.69) is 53.7 Å². The molecule has 0 amide bonds. The molecule has 0 spiro atoms. The first-order valence-electron chi connectivity index (χ1n) is 8.02. The van der Waals surface area contributed by atoms with E-state index < -0.39 is 0 Å². The highest BCUT2D eigenvalue weighted by atomic mass is 127. The fourth-order valence-corrected chi connectivity index (χ4v) is 3.58. The van der Waals surface area contributed by atoms with Gasteiger partial charge < -0.3 is 10.1 Å². The van der Waals surface area contributed by atoms with Gasteiger partial charge in [0, 0.05) is 19.3 Å². The summed E-state index contributed by atoms with van der Waals surface area (Å²) in [6.07, 6.45) is 7.52. The minimum atomic E-state index is -0.292. The zero-order chi connectivity index (χ0) is 15.3. The van der Waals surface area contributed by atoms with E-state index in [0.717, 1.165) is 41.0 Å². The number of hydrogen-bond acceptors (Lipinski definition) is 4. The minimum Gasteiger partial charge on any atom is -0.369 e. The summed E-state index contributed by atoms with van der Waals surface area (Å²) in [5, 5.41) is 3.40. The van der Waals surface area contributed by atoms with Gasteiger partial charge in [-0.25, -0.2) is 9.97 Å². The van der Waals surface area contributed by atoms with Gasteiger partial charge in [0.15, 0.2) is 5.82 Å². The van der Waals surface area contributed by atoms with Crippen LogP contribution < -0.4 is 5.32 Å². The lowest BCUT2D eigenvalue weighted by molar-refractivity contribution is -0.0880. The Kier molecular flexibility index (Phi) is 6.22. The van der Waals surface area contributed by atoms with Crippen LogP contribution in [-0.4, -0.2) is 23.1 Å². The molecular formula is C16H26IN3O. The summed E-state index contributed by atoms with van der Waals surface area (Å²) in [7, 11) is 0. The van der Waals surface area contributed by atoms with Crippen molar-refractivity contribution in [2.24, 2.45) is 5.92 Å². The van der Waals surface area contributed by atoms with Crippen LogP contribution in [0.25, 0.3) is 0 Å². The molecule has 1 aromatic heterocycles. The number of rotatable bonds is 6. The zero-order valence-electron chi connectivity index (χ0n) is 13.3. The quantitative estimate of drug-likeness (QED) is 0.718. The molecule has 5 heteroatoms. The van der Waals surface area contributed by atoms with Crippen molar-refractivity contribution in [2.75, 3.05) is 18.5 Å². The molecule has 0 aromatic carbocycles. The maximum absolute atomic E-state index is 6.17. The second-order valence-corrected chi connectivity index (χ2v) is 7.11. The molecule has 1 saturated carbocycles. The van der Waals surface area contributed by atoms with E-state index in [1.165, 1.54) is 12.8 Å². The van der Waals surface area contributed by atoms with Crippen molar-refractivity contribution in [3.8, 4) is 0 Å². The van der Waals surface area contributed by atoms with Gasteiger partial charge in [0.1, 0.15) is 11.4 Å². The monoisotopic (exact) mass is 403 g/mol. The Morgan fingerprint density at radius 1 is 1.48 bits per heavy atom. The number of halogens is 1. The third-order valence-electron chi connectivity index (χ3n) is 4.07. The first kappa shape index (κ1) is 16.9. The second kappa shape index (κ2) is 7.72. The van der Waals surface area contributed by atoms with Crippen molar-refractivity contribution < 1.29 is 4.74 Å². The van der Waals surface area contributed by atoms with Crippen LogP contribution >= 0.6 is 22.6 Å². The molecule has 1 aromatic rings. The number of aromatic nitrogens is 2. The van der Waals surface area contributed by atoms with E-state index in [0.29, 0.717) is 12.5 Å². The van der Waals surface area contributed by atoms with Gasteiger partial charge in [0.05, 0.1) is 3.57 Å². The maximum atomic E-state index is 6.17. The predicted octanol–water partition coefficient (Wildman–Crippen LogP) is 4.35. The first-order chi connectivity index (χ1) is 10.1. The predicted molar refractivity (Wildman–Crippen MR) is 94.5 cm³/mol. The van der Waals surface area contributed by atoms with Crippen molar-refractivity contribution >= 4 is 28.4 Å². The molecule has 0 bridgehead atoms. The molecule has 0 saturated heterocycles. The summed E-state index contributed by atoms with van der Waals surface area (Å²) in [5.74, 6) is 2.47. The average Bonchev–Trinajstić information content (AvgIpc) is 2.46. The van der Waals surface area contributed by atoms with Crippen LogP contribution in [0.5, 0.6) is 0 Å². The Hall–Kier alpha value is -0.430. The van der Waals surface area contributed by atoms with Gasteiger partial charge in [0.25, 0.3) is 0 Å². The van der Waals surface area contributed by atoms with Gasteiger partial charge in [-0.15, -0.1) is 0 Å². The second-order valence-electron chi connectivity index (χ2n) is 5.95. The summed E-state index contributed by atoms with van der Waals surface area (Å²) in [6.45, 7) is 8.16. The summed E-state index contributed by atoms with van der Waals surface area (Å²) in [4.78, 5) is 9.42. The van der Waals surface area contributed by atoms with E-state index in [1.54, 1.807) is 0 Å². The molecule has 1 fully saturated rings. The topological polar surface area (TPSA) is 47.0 Å². The zero-order valence-corrected chi connectivity index (χ0v) is 15.4. The van der Waals surface area contributed by atoms with Crippen molar-refractivity contribution in [1.82, 2.24) is 9.97 Å². The highest BCUT2D eigenvalue weighted by molar-refractivity contribution is 14.1. The van der Waals surface area contributed by atoms with Crippen molar-refractivity contribution in [1.29, 1.82) is 0 Å². The Balaban J connectivity index is 2.31. The van der Waals surface area contributed by atoms with E-state index in [-0.39, 0.29) is 5.60 Å². The molecule has 1 heterocycles. The van der Waals surface area contributed by atoms with Gasteiger partial charge in [-0.3, -0.25) is 0 Å². The third kappa shape index (κ3) is 4.06. The summed E-state index contributed by atoms with van der Waals surface area (Å²) < 4.78 is 7.24. The fourth-order valence-electron chi connectivity index (χ4n) is 3.13. The van der Waals surface area contributed by atoms with Crippen LogP contribution in [0.4, 0.5) is 5.82 Å². The molecule has 1 N–H and O–H groups in total. The lowest BCUT2D eigenvalue weighted by atomic mass is 9.78. The molecule has 4 nitrogen and oxygen atoms in total. The molecule has 0 aliphatic heterocycles. The van der Waals surface area contributed by atoms with Gasteiger partial charge in [-0.1, -0.05) is 20.3 Å². The van der Waals surface area contributed by atoms with Crippen LogP contribution in [0, 0.1) is 9.49 Å². The first-order valence-corrected chi connectivity index (χ1v) is 9.10. The van der Waals surface area contributed by atoms with Crippen molar-refractivity contribution in [2.45, 2.75) is 58.5 Å². The summed E-state index contributed by atoms with van der Waals surface area (Å²) in [5.41, 5.74) is -0.292. The fraction of sp³-hybridized carbons (Fsp3) is 0.750. The molecular weight excluding hydrogens is 377 g/mol. The largest absolute Gasteiger partial charge is 0.369 e. The van der Waals surface area contributed by atoms with Crippen molar-refractivity contribution in [3.63, 3.8) is 0 Å². The average molecular weight is 403 g/mol. The van der Waals surface area contributed by atoms with E-state index in [1.807, 2.05) is 6.20 Å². The van der Waals surface area contributed by atoms with Crippen molar-refractivity contribution in [3.05, 3.63) is 15.6 Å². The van der Waals surface area contributed by atoms with E-state index >= 15 is 0 Å². The SMILES string of the molecule is CCCNc1nc(C2(OCC)CCCC(C)C2)ncc1I. The third-order valence-corrected chi connectivity index (χ3v) is 4.86. The Morgan fingerprint density at radius 3 is 2.95 bits per heavy atom. The van der Waals surface area contributed by atoms with E-state index in [4.69, 9.17) is 9.72 Å². The van der Waals surface area contributed by atoms with Crippen LogP contribution in [0.1, 0.15) is 58.7 Å². The van der Waals surface area contributed by atoms with E-state index in [9.17, 15) is 0 Å². The van der Waals surface area contributed by atoms with Crippen LogP contribution in [0.15, 0.2) is 6.20 Å². The standard InChI is InChI=1S/C16H26IN3O/c1-4-9-18-14-13(17)11-19-15(20-14)16(21-5-2)8-6-7-12(3)10-16/h11-12H,4-10H2,1-3H3,(H,18,19,20). The minimum absolute atomic E-state index is 0.292. The van der Waals surface area contributed by atoms with Crippen LogP contribution in [0.3, 0.4) is 0 Å². The maximum Gasteiger partial charge on any atom is 0.162 e. The summed E-state index contributed by atoms with van der Waals surface area (Å²) in [6, 6.07) is 0. The summed E-state index contributed by atoms with van der Waals surface area (Å²) >= 11 is 2.29. The number of nitrogens with zero attached hydrogens (tertiary/aromatic N) is 2. The molecule has 118 valence electrons. The molecule has 2 unspecified atom stereocenters. The smallest absolute Gasteiger partial charge is 0.162 e. The number of ether oxygens (including phenoxy) is 1.